The predicted octanol–water partition coefficient (Wildman–Crippen LogP) is 6.79. The Labute approximate surface area is 239 Å². The molecule has 3 saturated carbocycles. The summed E-state index contributed by atoms with van der Waals surface area (Å²) in [6.45, 7) is 23.3. The standard InChI is InChI=1S/C33H46N2O3S/c1-28(2)12-14-33(35-25(37)19-39-9)15-13-32(7)26(20(33)17-28)22(36)16-24-30(5)18-21(34-8)27(38)29(3,4)23(30)10-11-31(24,32)6/h16,18,20,23,26H,10-15,17,19H2,1-7,9H3,(H,35,37)/t20-,23-,26-,30-,31+,32+,33-/m0/s1. The first-order valence-electron chi connectivity index (χ1n) is 14.7. The third kappa shape index (κ3) is 3.81. The number of carbonyl (C=O) groups excluding carboxylic acids is 3. The summed E-state index contributed by atoms with van der Waals surface area (Å²) in [6.07, 6.45) is 12.3. The Morgan fingerprint density at radius 1 is 1.05 bits per heavy atom. The van der Waals surface area contributed by atoms with Gasteiger partial charge in [0.05, 0.1) is 12.3 Å². The molecule has 5 aliphatic rings. The Bertz CT molecular complexity index is 1240. The first-order chi connectivity index (χ1) is 18.0. The van der Waals surface area contributed by atoms with Crippen molar-refractivity contribution in [3.8, 4) is 0 Å². The largest absolute Gasteiger partial charge is 0.350 e. The second-order valence-corrected chi connectivity index (χ2v) is 16.2. The molecule has 3 fully saturated rings. The van der Waals surface area contributed by atoms with E-state index in [2.05, 4.69) is 44.8 Å². The van der Waals surface area contributed by atoms with Gasteiger partial charge in [-0.15, -0.1) is 0 Å². The van der Waals surface area contributed by atoms with E-state index in [1.54, 1.807) is 11.8 Å². The molecule has 0 saturated heterocycles. The van der Waals surface area contributed by atoms with Crippen LogP contribution in [-0.2, 0) is 14.4 Å². The number of ketones is 2. The van der Waals surface area contributed by atoms with Gasteiger partial charge in [-0.05, 0) is 85.4 Å². The summed E-state index contributed by atoms with van der Waals surface area (Å²) in [4.78, 5) is 44.4. The van der Waals surface area contributed by atoms with Crippen LogP contribution in [0.25, 0.3) is 4.85 Å². The Balaban J connectivity index is 1.66. The van der Waals surface area contributed by atoms with Crippen LogP contribution in [0.5, 0.6) is 0 Å². The number of thioether (sulfide) groups is 1. The molecule has 7 atom stereocenters. The van der Waals surface area contributed by atoms with Crippen LogP contribution in [0, 0.1) is 51.4 Å². The fraction of sp³-hybridized carbons (Fsp3) is 0.758. The van der Waals surface area contributed by atoms with Crippen LogP contribution in [0.15, 0.2) is 23.4 Å². The van der Waals surface area contributed by atoms with E-state index < -0.39 is 10.8 Å². The lowest BCUT2D eigenvalue weighted by Gasteiger charge is -2.69. The number of fused-ring (bicyclic) bond motifs is 7. The first kappa shape index (κ1) is 28.7. The summed E-state index contributed by atoms with van der Waals surface area (Å²) in [7, 11) is 0. The Morgan fingerprint density at radius 3 is 2.36 bits per heavy atom. The molecular weight excluding hydrogens is 504 g/mol. The highest BCUT2D eigenvalue weighted by Gasteiger charge is 2.69. The molecule has 212 valence electrons. The van der Waals surface area contributed by atoms with Crippen LogP contribution in [-0.4, -0.2) is 35.0 Å². The second kappa shape index (κ2) is 8.81. The molecule has 0 aromatic carbocycles. The van der Waals surface area contributed by atoms with Crippen molar-refractivity contribution in [1.29, 1.82) is 0 Å². The lowest BCUT2D eigenvalue weighted by molar-refractivity contribution is -0.163. The molecule has 0 heterocycles. The Hall–Kier alpha value is -1.87. The number of amides is 1. The molecule has 0 unspecified atom stereocenters. The monoisotopic (exact) mass is 550 g/mol. The van der Waals surface area contributed by atoms with Gasteiger partial charge in [-0.3, -0.25) is 9.59 Å². The molecule has 0 bridgehead atoms. The first-order valence-corrected chi connectivity index (χ1v) is 16.1. The summed E-state index contributed by atoms with van der Waals surface area (Å²) in [5.74, 6) is 0.639. The zero-order chi connectivity index (χ0) is 28.8. The molecule has 0 aliphatic heterocycles. The van der Waals surface area contributed by atoms with Gasteiger partial charge in [0.25, 0.3) is 0 Å². The predicted molar refractivity (Wildman–Crippen MR) is 157 cm³/mol. The number of nitrogens with zero attached hydrogens (tertiary/aromatic N) is 1. The zero-order valence-corrected chi connectivity index (χ0v) is 25.9. The van der Waals surface area contributed by atoms with E-state index in [1.165, 1.54) is 0 Å². The topological polar surface area (TPSA) is 67.6 Å². The third-order valence-electron chi connectivity index (χ3n) is 12.5. The molecule has 5 nitrogen and oxygen atoms in total. The highest BCUT2D eigenvalue weighted by atomic mass is 32.2. The lowest BCUT2D eigenvalue weighted by Crippen LogP contribution is -2.69. The van der Waals surface area contributed by atoms with Crippen molar-refractivity contribution in [3.63, 3.8) is 0 Å². The van der Waals surface area contributed by atoms with Crippen molar-refractivity contribution in [2.45, 2.75) is 99.0 Å². The fourth-order valence-corrected chi connectivity index (χ4v) is 10.6. The molecule has 0 spiro atoms. The number of allylic oxidation sites excluding steroid dienone is 4. The van der Waals surface area contributed by atoms with Gasteiger partial charge in [0.15, 0.2) is 11.6 Å². The van der Waals surface area contributed by atoms with Crippen molar-refractivity contribution in [3.05, 3.63) is 34.8 Å². The lowest BCUT2D eigenvalue weighted by atomic mass is 9.35. The van der Waals surface area contributed by atoms with Gasteiger partial charge in [-0.25, -0.2) is 4.85 Å². The maximum absolute atomic E-state index is 14.5. The zero-order valence-electron chi connectivity index (χ0n) is 25.1. The molecule has 1 N–H and O–H groups in total. The van der Waals surface area contributed by atoms with Crippen LogP contribution >= 0.6 is 11.8 Å². The maximum Gasteiger partial charge on any atom is 0.230 e. The van der Waals surface area contributed by atoms with E-state index in [4.69, 9.17) is 6.57 Å². The van der Waals surface area contributed by atoms with E-state index >= 15 is 0 Å². The van der Waals surface area contributed by atoms with Gasteiger partial charge in [0, 0.05) is 22.3 Å². The number of hydrogen-bond donors (Lipinski definition) is 1. The van der Waals surface area contributed by atoms with Crippen molar-refractivity contribution >= 4 is 29.2 Å². The number of hydrogen-bond acceptors (Lipinski definition) is 4. The quantitative estimate of drug-likeness (QED) is 0.393. The summed E-state index contributed by atoms with van der Waals surface area (Å²) >= 11 is 1.54. The van der Waals surface area contributed by atoms with Gasteiger partial charge in [0.1, 0.15) is 0 Å². The molecule has 1 amide bonds. The van der Waals surface area contributed by atoms with Gasteiger partial charge < -0.3 is 10.1 Å². The highest BCUT2D eigenvalue weighted by molar-refractivity contribution is 7.99. The average molecular weight is 551 g/mol. The van der Waals surface area contributed by atoms with Crippen molar-refractivity contribution in [2.24, 2.45) is 44.8 Å². The van der Waals surface area contributed by atoms with E-state index in [0.29, 0.717) is 5.75 Å². The summed E-state index contributed by atoms with van der Waals surface area (Å²) in [5.41, 5.74) is -0.514. The minimum Gasteiger partial charge on any atom is -0.350 e. The van der Waals surface area contributed by atoms with E-state index in [1.807, 2.05) is 32.3 Å². The molecule has 0 aromatic rings. The Kier molecular flexibility index (Phi) is 6.47. The molecule has 5 rings (SSSR count). The SMILES string of the molecule is [C-]#[N+]C1=C[C@]2(C)C3=CC(=O)[C@@H]4[C@@H]5CC(C)(C)CC[C@]5(NC(=O)CSC)CC[C@@]4(C)[C@]3(C)CC[C@H]2C(C)(C)C1=O. The Morgan fingerprint density at radius 2 is 1.72 bits per heavy atom. The van der Waals surface area contributed by atoms with Crippen molar-refractivity contribution in [2.75, 3.05) is 12.0 Å². The second-order valence-electron chi connectivity index (χ2n) is 15.4. The number of rotatable bonds is 3. The average Bonchev–Trinajstić information content (AvgIpc) is 2.84. The molecule has 0 aromatic heterocycles. The maximum atomic E-state index is 14.5. The van der Waals surface area contributed by atoms with Crippen LogP contribution in [0.2, 0.25) is 0 Å². The van der Waals surface area contributed by atoms with Gasteiger partial charge in [-0.2, -0.15) is 11.8 Å². The normalized spacial score (nSPS) is 43.9. The van der Waals surface area contributed by atoms with Gasteiger partial charge in [-0.1, -0.05) is 60.1 Å². The van der Waals surface area contributed by atoms with Crippen LogP contribution in [0.3, 0.4) is 0 Å². The summed E-state index contributed by atoms with van der Waals surface area (Å²) in [6, 6.07) is 0. The van der Waals surface area contributed by atoms with E-state index in [0.717, 1.165) is 50.5 Å². The third-order valence-corrected chi connectivity index (χ3v) is 13.1. The fourth-order valence-electron chi connectivity index (χ4n) is 10.3. The van der Waals surface area contributed by atoms with Gasteiger partial charge in [0.2, 0.25) is 11.6 Å². The van der Waals surface area contributed by atoms with Crippen molar-refractivity contribution in [1.82, 2.24) is 5.32 Å². The minimum absolute atomic E-state index is 0.0532. The smallest absolute Gasteiger partial charge is 0.230 e. The van der Waals surface area contributed by atoms with Gasteiger partial charge >= 0.3 is 0 Å². The summed E-state index contributed by atoms with van der Waals surface area (Å²) < 4.78 is 0. The van der Waals surface area contributed by atoms with Crippen molar-refractivity contribution < 1.29 is 14.4 Å². The number of carbonyl (C=O) groups is 3. The molecule has 39 heavy (non-hydrogen) atoms. The molecule has 5 aliphatic carbocycles. The van der Waals surface area contributed by atoms with Crippen LogP contribution < -0.4 is 5.32 Å². The van der Waals surface area contributed by atoms with E-state index in [9.17, 15) is 14.4 Å². The minimum atomic E-state index is -0.650. The number of Topliss-reactive ketones (excluding diaryl/α,β-unsaturated/α-hetero) is 1. The van der Waals surface area contributed by atoms with Crippen LogP contribution in [0.4, 0.5) is 0 Å². The molecule has 6 heteroatoms. The summed E-state index contributed by atoms with van der Waals surface area (Å²) in [5, 5.41) is 3.50. The highest BCUT2D eigenvalue weighted by Crippen LogP contribution is 2.73. The van der Waals surface area contributed by atoms with E-state index in [-0.39, 0.29) is 62.7 Å². The molecule has 0 radical (unpaired) electrons. The molecular formula is C33H46N2O3S. The number of nitrogens with one attached hydrogen (secondary N) is 1. The van der Waals surface area contributed by atoms with Crippen LogP contribution in [0.1, 0.15) is 93.4 Å².